The maximum absolute atomic E-state index is 13.8. The zero-order chi connectivity index (χ0) is 13.1. The van der Waals surface area contributed by atoms with Crippen molar-refractivity contribution in [3.05, 3.63) is 29.6 Å². The monoisotopic (exact) mass is 253 g/mol. The highest BCUT2D eigenvalue weighted by molar-refractivity contribution is 5.55. The molecule has 0 amide bonds. The number of anilines is 1. The fourth-order valence-electron chi connectivity index (χ4n) is 2.43. The first kappa shape index (κ1) is 13.3. The van der Waals surface area contributed by atoms with Crippen LogP contribution < -0.4 is 4.90 Å². The molecule has 1 aromatic rings. The van der Waals surface area contributed by atoms with Crippen LogP contribution >= 0.6 is 0 Å². The minimum Gasteiger partial charge on any atom is -0.389 e. The summed E-state index contributed by atoms with van der Waals surface area (Å²) in [4.78, 5) is 2.10. The van der Waals surface area contributed by atoms with Gasteiger partial charge in [-0.15, -0.1) is 0 Å². The number of halogens is 1. The van der Waals surface area contributed by atoms with Crippen molar-refractivity contribution in [1.29, 1.82) is 0 Å². The number of aliphatic hydroxyl groups is 1. The van der Waals surface area contributed by atoms with E-state index >= 15 is 0 Å². The first-order valence-electron chi connectivity index (χ1n) is 6.42. The second kappa shape index (κ2) is 5.67. The predicted molar refractivity (Wildman–Crippen MR) is 69.3 cm³/mol. The summed E-state index contributed by atoms with van der Waals surface area (Å²) in [6.07, 6.45) is 0.235. The Bertz CT molecular complexity index is 409. The van der Waals surface area contributed by atoms with Gasteiger partial charge in [0.1, 0.15) is 5.82 Å². The SMILES string of the molecule is CC1CN(c2cccc(F)c2[C@@H](C)O)CCCO1. The lowest BCUT2D eigenvalue weighted by Gasteiger charge is -2.27. The maximum atomic E-state index is 13.8. The van der Waals surface area contributed by atoms with Crippen LogP contribution in [-0.4, -0.2) is 30.9 Å². The van der Waals surface area contributed by atoms with Gasteiger partial charge in [-0.1, -0.05) is 6.07 Å². The van der Waals surface area contributed by atoms with Gasteiger partial charge < -0.3 is 14.7 Å². The average molecular weight is 253 g/mol. The van der Waals surface area contributed by atoms with Gasteiger partial charge in [0.05, 0.1) is 12.2 Å². The molecular formula is C14H20FNO2. The molecule has 1 unspecified atom stereocenters. The van der Waals surface area contributed by atoms with Gasteiger partial charge in [0.2, 0.25) is 0 Å². The van der Waals surface area contributed by atoms with Gasteiger partial charge in [-0.25, -0.2) is 4.39 Å². The predicted octanol–water partition coefficient (Wildman–Crippen LogP) is 2.49. The Morgan fingerprint density at radius 1 is 1.50 bits per heavy atom. The Morgan fingerprint density at radius 3 is 3.00 bits per heavy atom. The van der Waals surface area contributed by atoms with Gasteiger partial charge in [0, 0.05) is 30.9 Å². The maximum Gasteiger partial charge on any atom is 0.131 e. The molecule has 0 radical (unpaired) electrons. The third-order valence-corrected chi connectivity index (χ3v) is 3.24. The number of benzene rings is 1. The number of aliphatic hydroxyl groups excluding tert-OH is 1. The minimum absolute atomic E-state index is 0.123. The molecule has 2 rings (SSSR count). The van der Waals surface area contributed by atoms with E-state index in [1.165, 1.54) is 6.07 Å². The molecule has 1 N–H and O–H groups in total. The normalized spacial score (nSPS) is 22.7. The van der Waals surface area contributed by atoms with Crippen molar-refractivity contribution in [2.45, 2.75) is 32.5 Å². The molecule has 0 saturated carbocycles. The first-order chi connectivity index (χ1) is 8.59. The highest BCUT2D eigenvalue weighted by Gasteiger charge is 2.21. The van der Waals surface area contributed by atoms with Crippen molar-refractivity contribution >= 4 is 5.69 Å². The number of ether oxygens (including phenoxy) is 1. The summed E-state index contributed by atoms with van der Waals surface area (Å²) in [5.74, 6) is -0.347. The van der Waals surface area contributed by atoms with E-state index in [2.05, 4.69) is 4.90 Å². The fourth-order valence-corrected chi connectivity index (χ4v) is 2.43. The fraction of sp³-hybridized carbons (Fsp3) is 0.571. The molecule has 0 bridgehead atoms. The van der Waals surface area contributed by atoms with Crippen LogP contribution in [0, 0.1) is 5.82 Å². The van der Waals surface area contributed by atoms with Crippen LogP contribution in [0.25, 0.3) is 0 Å². The highest BCUT2D eigenvalue weighted by Crippen LogP contribution is 2.30. The molecule has 18 heavy (non-hydrogen) atoms. The number of rotatable bonds is 2. The Labute approximate surface area is 107 Å². The number of hydrogen-bond donors (Lipinski definition) is 1. The van der Waals surface area contributed by atoms with Crippen LogP contribution in [0.4, 0.5) is 10.1 Å². The van der Waals surface area contributed by atoms with Gasteiger partial charge in [-0.3, -0.25) is 0 Å². The van der Waals surface area contributed by atoms with Gasteiger partial charge in [0.25, 0.3) is 0 Å². The van der Waals surface area contributed by atoms with Crippen molar-refractivity contribution in [3.8, 4) is 0 Å². The van der Waals surface area contributed by atoms with E-state index in [-0.39, 0.29) is 11.9 Å². The highest BCUT2D eigenvalue weighted by atomic mass is 19.1. The van der Waals surface area contributed by atoms with Crippen molar-refractivity contribution in [2.75, 3.05) is 24.6 Å². The molecule has 4 heteroatoms. The lowest BCUT2D eigenvalue weighted by Crippen LogP contribution is -2.31. The van der Waals surface area contributed by atoms with E-state index < -0.39 is 6.10 Å². The lowest BCUT2D eigenvalue weighted by molar-refractivity contribution is 0.0820. The molecular weight excluding hydrogens is 233 g/mol. The summed E-state index contributed by atoms with van der Waals surface area (Å²) in [6, 6.07) is 4.94. The molecule has 1 aliphatic heterocycles. The molecule has 1 saturated heterocycles. The summed E-state index contributed by atoms with van der Waals surface area (Å²) in [5, 5.41) is 9.75. The molecule has 100 valence electrons. The van der Waals surface area contributed by atoms with Crippen LogP contribution in [0.5, 0.6) is 0 Å². The zero-order valence-electron chi connectivity index (χ0n) is 10.9. The largest absolute Gasteiger partial charge is 0.389 e. The quantitative estimate of drug-likeness (QED) is 0.879. The van der Waals surface area contributed by atoms with E-state index in [4.69, 9.17) is 4.74 Å². The van der Waals surface area contributed by atoms with Crippen molar-refractivity contribution in [2.24, 2.45) is 0 Å². The molecule has 3 nitrogen and oxygen atoms in total. The molecule has 0 aliphatic carbocycles. The third-order valence-electron chi connectivity index (χ3n) is 3.24. The van der Waals surface area contributed by atoms with E-state index in [0.717, 1.165) is 31.8 Å². The van der Waals surface area contributed by atoms with Crippen LogP contribution in [0.1, 0.15) is 31.9 Å². The molecule has 0 spiro atoms. The topological polar surface area (TPSA) is 32.7 Å². The lowest BCUT2D eigenvalue weighted by atomic mass is 10.1. The molecule has 1 aromatic carbocycles. The Kier molecular flexibility index (Phi) is 4.19. The molecule has 1 heterocycles. The summed E-state index contributed by atoms with van der Waals surface area (Å²) in [6.45, 7) is 5.90. The summed E-state index contributed by atoms with van der Waals surface area (Å²) in [7, 11) is 0. The smallest absolute Gasteiger partial charge is 0.131 e. The Balaban J connectivity index is 2.34. The molecule has 0 aromatic heterocycles. The van der Waals surface area contributed by atoms with Crippen molar-refractivity contribution < 1.29 is 14.2 Å². The van der Waals surface area contributed by atoms with E-state index in [1.807, 2.05) is 13.0 Å². The third kappa shape index (κ3) is 2.82. The van der Waals surface area contributed by atoms with Crippen molar-refractivity contribution in [1.82, 2.24) is 0 Å². The van der Waals surface area contributed by atoms with Gasteiger partial charge in [-0.2, -0.15) is 0 Å². The van der Waals surface area contributed by atoms with Crippen LogP contribution in [0.3, 0.4) is 0 Å². The molecule has 1 aliphatic rings. The Morgan fingerprint density at radius 2 is 2.28 bits per heavy atom. The van der Waals surface area contributed by atoms with Gasteiger partial charge in [-0.05, 0) is 32.4 Å². The van der Waals surface area contributed by atoms with Gasteiger partial charge in [0.15, 0.2) is 0 Å². The Hall–Kier alpha value is -1.13. The van der Waals surface area contributed by atoms with E-state index in [0.29, 0.717) is 5.56 Å². The average Bonchev–Trinajstić information content (AvgIpc) is 2.53. The van der Waals surface area contributed by atoms with E-state index in [1.54, 1.807) is 13.0 Å². The number of hydrogen-bond acceptors (Lipinski definition) is 3. The summed E-state index contributed by atoms with van der Waals surface area (Å²) in [5.41, 5.74) is 1.16. The van der Waals surface area contributed by atoms with Crippen LogP contribution in [0.2, 0.25) is 0 Å². The zero-order valence-corrected chi connectivity index (χ0v) is 10.9. The van der Waals surface area contributed by atoms with Crippen molar-refractivity contribution in [3.63, 3.8) is 0 Å². The minimum atomic E-state index is -0.805. The second-order valence-corrected chi connectivity index (χ2v) is 4.83. The summed E-state index contributed by atoms with van der Waals surface area (Å²) < 4.78 is 19.4. The number of nitrogens with zero attached hydrogens (tertiary/aromatic N) is 1. The standard InChI is InChI=1S/C14H20FNO2/c1-10-9-16(7-4-8-18-10)13-6-3-5-12(15)14(13)11(2)17/h3,5-6,10-11,17H,4,7-9H2,1-2H3/t10?,11-/m1/s1. The summed E-state index contributed by atoms with van der Waals surface area (Å²) >= 11 is 0. The first-order valence-corrected chi connectivity index (χ1v) is 6.42. The van der Waals surface area contributed by atoms with E-state index in [9.17, 15) is 9.50 Å². The van der Waals surface area contributed by atoms with Crippen LogP contribution in [-0.2, 0) is 4.74 Å². The van der Waals surface area contributed by atoms with Gasteiger partial charge >= 0.3 is 0 Å². The molecule has 1 fully saturated rings. The molecule has 2 atom stereocenters. The second-order valence-electron chi connectivity index (χ2n) is 4.83. The van der Waals surface area contributed by atoms with Crippen LogP contribution in [0.15, 0.2) is 18.2 Å².